The van der Waals surface area contributed by atoms with Crippen LogP contribution in [0.25, 0.3) is 0 Å². The van der Waals surface area contributed by atoms with Crippen LogP contribution in [0.2, 0.25) is 5.02 Å². The third-order valence-corrected chi connectivity index (χ3v) is 9.89. The molecule has 0 aromatic heterocycles. The standard InChI is InChI=1S/C23H22ClF6N3O5S/c1-12(22(25,26)27)38-13-2-3-17(15(24)8-13)39(36,37)14-9-16(18(34)32-20(11-31)4-5-20)33(10-14)19(35)21(6-7-21)23(28,29)30/h2-3,8,12,14,16H,4-7,9-10H2,1H3,(H,32,34)/t12-,14+,16+/m0/s1. The zero-order valence-corrected chi connectivity index (χ0v) is 21.8. The lowest BCUT2D eigenvalue weighted by molar-refractivity contribution is -0.199. The van der Waals surface area contributed by atoms with Gasteiger partial charge in [-0.3, -0.25) is 9.59 Å². The molecule has 39 heavy (non-hydrogen) atoms. The van der Waals surface area contributed by atoms with Crippen LogP contribution in [0.5, 0.6) is 5.75 Å². The van der Waals surface area contributed by atoms with Gasteiger partial charge in [-0.2, -0.15) is 31.6 Å². The fourth-order valence-electron chi connectivity index (χ4n) is 4.46. The summed E-state index contributed by atoms with van der Waals surface area (Å²) in [6.07, 6.45) is -12.9. The first kappa shape index (κ1) is 29.3. The summed E-state index contributed by atoms with van der Waals surface area (Å²) in [6, 6.07) is 2.97. The monoisotopic (exact) mass is 601 g/mol. The van der Waals surface area contributed by atoms with Crippen molar-refractivity contribution in [3.05, 3.63) is 23.2 Å². The van der Waals surface area contributed by atoms with Crippen LogP contribution in [-0.4, -0.2) is 67.0 Å². The summed E-state index contributed by atoms with van der Waals surface area (Å²) < 4.78 is 111. The third-order valence-electron chi connectivity index (χ3n) is 7.28. The molecule has 2 amide bonds. The highest BCUT2D eigenvalue weighted by Crippen LogP contribution is 2.59. The number of ether oxygens (including phenoxy) is 1. The third kappa shape index (κ3) is 5.37. The molecule has 8 nitrogen and oxygen atoms in total. The van der Waals surface area contributed by atoms with Crippen LogP contribution in [0.4, 0.5) is 26.3 Å². The van der Waals surface area contributed by atoms with Crippen LogP contribution in [0.15, 0.2) is 23.1 Å². The molecule has 4 rings (SSSR count). The van der Waals surface area contributed by atoms with Gasteiger partial charge in [0.05, 0.1) is 21.2 Å². The predicted octanol–water partition coefficient (Wildman–Crippen LogP) is 3.93. The van der Waals surface area contributed by atoms with Gasteiger partial charge in [0.1, 0.15) is 22.7 Å². The van der Waals surface area contributed by atoms with Crippen molar-refractivity contribution < 1.29 is 49.1 Å². The number of halogens is 7. The average molecular weight is 602 g/mol. The van der Waals surface area contributed by atoms with Gasteiger partial charge in [-0.25, -0.2) is 8.42 Å². The highest BCUT2D eigenvalue weighted by molar-refractivity contribution is 7.92. The van der Waals surface area contributed by atoms with Gasteiger partial charge in [-0.15, -0.1) is 0 Å². The molecule has 16 heteroatoms. The van der Waals surface area contributed by atoms with E-state index >= 15 is 0 Å². The molecule has 214 valence electrons. The van der Waals surface area contributed by atoms with Crippen LogP contribution in [0, 0.1) is 16.7 Å². The number of hydrogen-bond donors (Lipinski definition) is 1. The fraction of sp³-hybridized carbons (Fsp3) is 0.609. The molecular formula is C23H22ClF6N3O5S. The van der Waals surface area contributed by atoms with Gasteiger partial charge in [-0.05, 0) is 51.2 Å². The van der Waals surface area contributed by atoms with Gasteiger partial charge >= 0.3 is 12.4 Å². The summed E-state index contributed by atoms with van der Waals surface area (Å²) in [5.74, 6) is -2.75. The maximum Gasteiger partial charge on any atom is 0.425 e. The molecule has 1 aromatic carbocycles. The van der Waals surface area contributed by atoms with Gasteiger partial charge in [0.2, 0.25) is 11.8 Å². The topological polar surface area (TPSA) is 117 Å². The van der Waals surface area contributed by atoms with E-state index in [0.717, 1.165) is 25.1 Å². The number of carbonyl (C=O) groups excluding carboxylic acids is 2. The number of amides is 2. The lowest BCUT2D eigenvalue weighted by Gasteiger charge is -2.29. The number of nitriles is 1. The number of nitrogens with zero attached hydrogens (tertiary/aromatic N) is 2. The molecule has 3 atom stereocenters. The number of carbonyl (C=O) groups is 2. The summed E-state index contributed by atoms with van der Waals surface area (Å²) >= 11 is 6.06. The van der Waals surface area contributed by atoms with E-state index in [1.165, 1.54) is 0 Å². The smallest absolute Gasteiger partial charge is 0.425 e. The van der Waals surface area contributed by atoms with Crippen molar-refractivity contribution >= 4 is 33.3 Å². The number of nitrogens with one attached hydrogen (secondary N) is 1. The molecule has 0 radical (unpaired) electrons. The summed E-state index contributed by atoms with van der Waals surface area (Å²) in [6.45, 7) is -0.0180. The van der Waals surface area contributed by atoms with Crippen molar-refractivity contribution in [3.63, 3.8) is 0 Å². The highest BCUT2D eigenvalue weighted by atomic mass is 35.5. The average Bonchev–Trinajstić information content (AvgIpc) is 3.74. The van der Waals surface area contributed by atoms with E-state index < -0.39 is 98.1 Å². The first-order valence-corrected chi connectivity index (χ1v) is 13.7. The van der Waals surface area contributed by atoms with Crippen LogP contribution in [0.1, 0.15) is 39.0 Å². The lowest BCUT2D eigenvalue weighted by atomic mass is 10.0. The molecule has 1 N–H and O–H groups in total. The fourth-order valence-corrected chi connectivity index (χ4v) is 6.69. The molecule has 0 bridgehead atoms. The van der Waals surface area contributed by atoms with Gasteiger partial charge in [0.25, 0.3) is 0 Å². The van der Waals surface area contributed by atoms with Gasteiger partial charge in [0, 0.05) is 12.6 Å². The first-order chi connectivity index (χ1) is 17.9. The minimum absolute atomic E-state index is 0.293. The van der Waals surface area contributed by atoms with Gasteiger partial charge in [-0.1, -0.05) is 11.6 Å². The molecule has 1 heterocycles. The molecule has 3 fully saturated rings. The Bertz CT molecular complexity index is 1330. The number of likely N-dealkylation sites (tertiary alicyclic amines) is 1. The molecule has 1 aliphatic heterocycles. The zero-order valence-electron chi connectivity index (χ0n) is 20.2. The molecule has 1 saturated heterocycles. The Balaban J connectivity index is 1.62. The summed E-state index contributed by atoms with van der Waals surface area (Å²) in [5.41, 5.74) is -3.95. The van der Waals surface area contributed by atoms with Crippen molar-refractivity contribution in [1.29, 1.82) is 5.26 Å². The van der Waals surface area contributed by atoms with Crippen LogP contribution in [-0.2, 0) is 19.4 Å². The number of sulfone groups is 1. The minimum atomic E-state index is -4.92. The summed E-state index contributed by atoms with van der Waals surface area (Å²) in [5, 5.41) is 9.62. The predicted molar refractivity (Wildman–Crippen MR) is 122 cm³/mol. The Morgan fingerprint density at radius 3 is 2.26 bits per heavy atom. The van der Waals surface area contributed by atoms with Gasteiger partial charge < -0.3 is 15.0 Å². The van der Waals surface area contributed by atoms with Crippen LogP contribution < -0.4 is 10.1 Å². The second kappa shape index (κ2) is 9.43. The first-order valence-electron chi connectivity index (χ1n) is 11.7. The minimum Gasteiger partial charge on any atom is -0.481 e. The summed E-state index contributed by atoms with van der Waals surface area (Å²) in [7, 11) is -4.50. The zero-order chi connectivity index (χ0) is 29.2. The second-order valence-corrected chi connectivity index (χ2v) is 12.6. The van der Waals surface area contributed by atoms with Crippen LogP contribution >= 0.6 is 11.6 Å². The molecule has 0 unspecified atom stereocenters. The normalized spacial score (nSPS) is 24.4. The van der Waals surface area contributed by atoms with E-state index in [1.807, 2.05) is 6.07 Å². The van der Waals surface area contributed by atoms with Crippen molar-refractivity contribution in [2.45, 2.75) is 79.2 Å². The second-order valence-electron chi connectivity index (χ2n) is 10.0. The van der Waals surface area contributed by atoms with Crippen LogP contribution in [0.3, 0.4) is 0 Å². The van der Waals surface area contributed by atoms with E-state index in [2.05, 4.69) is 5.32 Å². The van der Waals surface area contributed by atoms with Gasteiger partial charge in [0.15, 0.2) is 15.9 Å². The van der Waals surface area contributed by atoms with E-state index in [4.69, 9.17) is 16.3 Å². The number of rotatable bonds is 7. The van der Waals surface area contributed by atoms with Crippen molar-refractivity contribution in [2.24, 2.45) is 5.41 Å². The molecule has 3 aliphatic rings. The molecule has 1 aromatic rings. The Morgan fingerprint density at radius 1 is 1.18 bits per heavy atom. The maximum atomic E-state index is 13.7. The van der Waals surface area contributed by atoms with Crippen molar-refractivity contribution in [1.82, 2.24) is 10.2 Å². The number of benzene rings is 1. The molecule has 0 spiro atoms. The maximum absolute atomic E-state index is 13.7. The highest BCUT2D eigenvalue weighted by Gasteiger charge is 2.70. The van der Waals surface area contributed by atoms with Crippen molar-refractivity contribution in [3.8, 4) is 11.8 Å². The Labute approximate surface area is 224 Å². The number of hydrogen-bond acceptors (Lipinski definition) is 6. The van der Waals surface area contributed by atoms with E-state index in [9.17, 15) is 49.6 Å². The summed E-state index contributed by atoms with van der Waals surface area (Å²) in [4.78, 5) is 26.1. The number of alkyl halides is 6. The Kier molecular flexibility index (Phi) is 7.08. The molecule has 2 aliphatic carbocycles. The lowest BCUT2D eigenvalue weighted by Crippen LogP contribution is -2.53. The van der Waals surface area contributed by atoms with Crippen molar-refractivity contribution in [2.75, 3.05) is 6.54 Å². The van der Waals surface area contributed by atoms with E-state index in [0.29, 0.717) is 17.7 Å². The molecule has 2 saturated carbocycles. The quantitative estimate of drug-likeness (QED) is 0.474. The Morgan fingerprint density at radius 2 is 1.79 bits per heavy atom. The van der Waals surface area contributed by atoms with E-state index in [-0.39, 0.29) is 5.75 Å². The van der Waals surface area contributed by atoms with E-state index in [1.54, 1.807) is 0 Å². The SMILES string of the molecule is C[C@H](Oc1ccc(S(=O)(=O)[C@@H]2C[C@H](C(=O)NC3(C#N)CC3)N(C(=O)C3(C(F)(F)F)CC3)C2)c(Cl)c1)C(F)(F)F. The largest absolute Gasteiger partial charge is 0.481 e. The molecular weight excluding hydrogens is 580 g/mol. The Hall–Kier alpha value is -2.73.